The van der Waals surface area contributed by atoms with Crippen molar-refractivity contribution in [2.24, 2.45) is 0 Å². The molecule has 0 amide bonds. The van der Waals surface area contributed by atoms with E-state index in [-0.39, 0.29) is 0 Å². The van der Waals surface area contributed by atoms with Gasteiger partial charge in [-0.15, -0.1) is 11.6 Å². The summed E-state index contributed by atoms with van der Waals surface area (Å²) in [6, 6.07) is 6.50. The van der Waals surface area contributed by atoms with Crippen molar-refractivity contribution in [1.29, 1.82) is 0 Å². The summed E-state index contributed by atoms with van der Waals surface area (Å²) in [4.78, 5) is 7.33. The average Bonchev–Trinajstić information content (AvgIpc) is 3.08. The van der Waals surface area contributed by atoms with E-state index in [1.165, 1.54) is 50.0 Å². The molecule has 114 valence electrons. The number of hydrogen-bond donors (Lipinski definition) is 0. The van der Waals surface area contributed by atoms with E-state index < -0.39 is 0 Å². The Balaban J connectivity index is 1.77. The van der Waals surface area contributed by atoms with Crippen LogP contribution in [0.2, 0.25) is 0 Å². The van der Waals surface area contributed by atoms with Crippen LogP contribution in [-0.4, -0.2) is 40.0 Å². The molecule has 2 aromatic rings. The topological polar surface area (TPSA) is 21.1 Å². The highest BCUT2D eigenvalue weighted by Gasteiger charge is 2.13. The lowest BCUT2D eigenvalue weighted by atomic mass is 10.2. The highest BCUT2D eigenvalue weighted by atomic mass is 35.5. The average molecular weight is 306 g/mol. The Morgan fingerprint density at radius 3 is 2.76 bits per heavy atom. The molecule has 0 spiro atoms. The third-order valence-corrected chi connectivity index (χ3v) is 4.54. The molecule has 0 atom stereocenters. The van der Waals surface area contributed by atoms with E-state index in [1.54, 1.807) is 0 Å². The Morgan fingerprint density at radius 2 is 2.00 bits per heavy atom. The predicted octanol–water partition coefficient (Wildman–Crippen LogP) is 3.61. The monoisotopic (exact) mass is 305 g/mol. The standard InChI is InChI=1S/C17H24ClN3/c1-14-5-6-15-16(13-14)21(17(19-15)7-8-18)12-4-11-20-9-2-3-10-20/h5-6,13H,2-4,7-12H2,1H3. The molecular formula is C17H24ClN3. The van der Waals surface area contributed by atoms with Gasteiger partial charge in [-0.05, 0) is 63.5 Å². The fourth-order valence-corrected chi connectivity index (χ4v) is 3.44. The van der Waals surface area contributed by atoms with Crippen LogP contribution in [-0.2, 0) is 13.0 Å². The number of hydrogen-bond acceptors (Lipinski definition) is 2. The molecule has 1 saturated heterocycles. The third kappa shape index (κ3) is 3.41. The van der Waals surface area contributed by atoms with E-state index in [1.807, 2.05) is 0 Å². The quantitative estimate of drug-likeness (QED) is 0.760. The number of imidazole rings is 1. The van der Waals surface area contributed by atoms with Gasteiger partial charge < -0.3 is 9.47 Å². The van der Waals surface area contributed by atoms with Crippen molar-refractivity contribution < 1.29 is 0 Å². The summed E-state index contributed by atoms with van der Waals surface area (Å²) in [5.74, 6) is 1.76. The SMILES string of the molecule is Cc1ccc2nc(CCCl)n(CCCN3CCCC3)c2c1. The maximum absolute atomic E-state index is 5.94. The van der Waals surface area contributed by atoms with Gasteiger partial charge in [0.05, 0.1) is 11.0 Å². The van der Waals surface area contributed by atoms with Crippen molar-refractivity contribution in [3.63, 3.8) is 0 Å². The Kier molecular flexibility index (Phi) is 4.81. The molecule has 0 unspecified atom stereocenters. The van der Waals surface area contributed by atoms with Gasteiger partial charge in [-0.3, -0.25) is 0 Å². The first-order chi connectivity index (χ1) is 10.3. The van der Waals surface area contributed by atoms with Gasteiger partial charge in [0.15, 0.2) is 0 Å². The van der Waals surface area contributed by atoms with Crippen LogP contribution in [0.4, 0.5) is 0 Å². The fourth-order valence-electron chi connectivity index (χ4n) is 3.27. The van der Waals surface area contributed by atoms with Crippen LogP contribution in [0.1, 0.15) is 30.7 Å². The van der Waals surface area contributed by atoms with Crippen molar-refractivity contribution in [1.82, 2.24) is 14.5 Å². The van der Waals surface area contributed by atoms with Crippen molar-refractivity contribution in [3.8, 4) is 0 Å². The first-order valence-electron chi connectivity index (χ1n) is 8.02. The summed E-state index contributed by atoms with van der Waals surface area (Å²) < 4.78 is 2.38. The molecule has 0 bridgehead atoms. The number of benzene rings is 1. The fraction of sp³-hybridized carbons (Fsp3) is 0.588. The van der Waals surface area contributed by atoms with Gasteiger partial charge in [-0.1, -0.05) is 6.07 Å². The molecular weight excluding hydrogens is 282 g/mol. The number of likely N-dealkylation sites (tertiary alicyclic amines) is 1. The van der Waals surface area contributed by atoms with E-state index in [9.17, 15) is 0 Å². The molecule has 0 N–H and O–H groups in total. The Morgan fingerprint density at radius 1 is 1.19 bits per heavy atom. The number of nitrogens with zero attached hydrogens (tertiary/aromatic N) is 3. The van der Waals surface area contributed by atoms with Crippen LogP contribution in [0.3, 0.4) is 0 Å². The zero-order chi connectivity index (χ0) is 14.7. The molecule has 2 heterocycles. The lowest BCUT2D eigenvalue weighted by molar-refractivity contribution is 0.325. The highest BCUT2D eigenvalue weighted by Crippen LogP contribution is 2.19. The number of halogens is 1. The maximum Gasteiger partial charge on any atom is 0.111 e. The second-order valence-electron chi connectivity index (χ2n) is 6.01. The van der Waals surface area contributed by atoms with Crippen LogP contribution in [0.5, 0.6) is 0 Å². The van der Waals surface area contributed by atoms with Crippen LogP contribution in [0, 0.1) is 6.92 Å². The molecule has 0 radical (unpaired) electrons. The molecule has 4 heteroatoms. The summed E-state index contributed by atoms with van der Waals surface area (Å²) >= 11 is 5.94. The number of fused-ring (bicyclic) bond motifs is 1. The summed E-state index contributed by atoms with van der Waals surface area (Å²) in [5, 5.41) is 0. The van der Waals surface area contributed by atoms with Crippen LogP contribution in [0.15, 0.2) is 18.2 Å². The first-order valence-corrected chi connectivity index (χ1v) is 8.55. The van der Waals surface area contributed by atoms with Gasteiger partial charge in [0.25, 0.3) is 0 Å². The molecule has 21 heavy (non-hydrogen) atoms. The number of alkyl halides is 1. The molecule has 1 aromatic carbocycles. The van der Waals surface area contributed by atoms with Crippen molar-refractivity contribution in [3.05, 3.63) is 29.6 Å². The largest absolute Gasteiger partial charge is 0.328 e. The third-order valence-electron chi connectivity index (χ3n) is 4.36. The van der Waals surface area contributed by atoms with Crippen LogP contribution < -0.4 is 0 Å². The maximum atomic E-state index is 5.94. The summed E-state index contributed by atoms with van der Waals surface area (Å²) in [6.45, 7) is 6.94. The van der Waals surface area contributed by atoms with Crippen molar-refractivity contribution >= 4 is 22.6 Å². The molecule has 1 aliphatic rings. The predicted molar refractivity (Wildman–Crippen MR) is 89.2 cm³/mol. The van der Waals surface area contributed by atoms with Crippen LogP contribution >= 0.6 is 11.6 Å². The van der Waals surface area contributed by atoms with Gasteiger partial charge in [0, 0.05) is 18.8 Å². The molecule has 0 aliphatic carbocycles. The van der Waals surface area contributed by atoms with Gasteiger partial charge in [-0.2, -0.15) is 0 Å². The van der Waals surface area contributed by atoms with Crippen molar-refractivity contribution in [2.75, 3.05) is 25.5 Å². The van der Waals surface area contributed by atoms with Gasteiger partial charge in [0.2, 0.25) is 0 Å². The second kappa shape index (κ2) is 6.80. The number of rotatable bonds is 6. The summed E-state index contributed by atoms with van der Waals surface area (Å²) in [5.41, 5.74) is 3.65. The molecule has 1 aliphatic heterocycles. The molecule has 0 saturated carbocycles. The van der Waals surface area contributed by atoms with E-state index >= 15 is 0 Å². The van der Waals surface area contributed by atoms with Crippen LogP contribution in [0.25, 0.3) is 11.0 Å². The lowest BCUT2D eigenvalue weighted by Crippen LogP contribution is -2.21. The molecule has 1 aromatic heterocycles. The second-order valence-corrected chi connectivity index (χ2v) is 6.39. The summed E-state index contributed by atoms with van der Waals surface area (Å²) in [6.07, 6.45) is 4.77. The van der Waals surface area contributed by atoms with E-state index in [0.29, 0.717) is 5.88 Å². The minimum atomic E-state index is 0.633. The molecule has 3 nitrogen and oxygen atoms in total. The zero-order valence-corrected chi connectivity index (χ0v) is 13.6. The van der Waals surface area contributed by atoms with E-state index in [4.69, 9.17) is 16.6 Å². The molecule has 3 rings (SSSR count). The number of aromatic nitrogens is 2. The smallest absolute Gasteiger partial charge is 0.111 e. The Bertz CT molecular complexity index is 599. The Labute approximate surface area is 131 Å². The molecule has 1 fully saturated rings. The van der Waals surface area contributed by atoms with Gasteiger partial charge >= 0.3 is 0 Å². The zero-order valence-electron chi connectivity index (χ0n) is 12.8. The Hall–Kier alpha value is -1.06. The minimum Gasteiger partial charge on any atom is -0.328 e. The highest BCUT2D eigenvalue weighted by molar-refractivity contribution is 6.17. The van der Waals surface area contributed by atoms with Crippen molar-refractivity contribution in [2.45, 2.75) is 39.2 Å². The summed E-state index contributed by atoms with van der Waals surface area (Å²) in [7, 11) is 0. The normalized spacial score (nSPS) is 16.1. The minimum absolute atomic E-state index is 0.633. The lowest BCUT2D eigenvalue weighted by Gasteiger charge is -2.15. The van der Waals surface area contributed by atoms with E-state index in [2.05, 4.69) is 34.6 Å². The first kappa shape index (κ1) is 14.9. The van der Waals surface area contributed by atoms with Gasteiger partial charge in [0.1, 0.15) is 5.82 Å². The van der Waals surface area contributed by atoms with Gasteiger partial charge in [-0.25, -0.2) is 4.98 Å². The van der Waals surface area contributed by atoms with E-state index in [0.717, 1.165) is 24.3 Å². The number of aryl methyl sites for hydroxylation is 3.